The van der Waals surface area contributed by atoms with Gasteiger partial charge in [0.25, 0.3) is 0 Å². The minimum atomic E-state index is -0.656. The van der Waals surface area contributed by atoms with E-state index in [9.17, 15) is 4.79 Å². The molecule has 0 amide bonds. The fourth-order valence-corrected chi connectivity index (χ4v) is 1.73. The molecule has 0 saturated carbocycles. The molecule has 3 nitrogen and oxygen atoms in total. The summed E-state index contributed by atoms with van der Waals surface area (Å²) >= 11 is 0. The molecule has 1 aliphatic heterocycles. The van der Waals surface area contributed by atoms with Crippen molar-refractivity contribution in [2.24, 2.45) is 0 Å². The normalized spacial score (nSPS) is 39.3. The van der Waals surface area contributed by atoms with Crippen LogP contribution in [0.15, 0.2) is 0 Å². The van der Waals surface area contributed by atoms with Gasteiger partial charge in [0.1, 0.15) is 5.60 Å². The second kappa shape index (κ2) is 2.73. The number of rotatable bonds is 3. The van der Waals surface area contributed by atoms with Gasteiger partial charge in [-0.3, -0.25) is 0 Å². The largest absolute Gasteiger partial charge is 0.467 e. The van der Waals surface area contributed by atoms with Gasteiger partial charge in [0, 0.05) is 0 Å². The van der Waals surface area contributed by atoms with Crippen LogP contribution in [-0.2, 0) is 14.3 Å². The van der Waals surface area contributed by atoms with Crippen molar-refractivity contribution in [2.45, 2.75) is 44.8 Å². The first kappa shape index (κ1) is 9.52. The van der Waals surface area contributed by atoms with Gasteiger partial charge in [-0.25, -0.2) is 4.79 Å². The number of carbonyl (C=O) groups excluding carboxylic acids is 1. The third-order valence-corrected chi connectivity index (χ3v) is 2.90. The summed E-state index contributed by atoms with van der Waals surface area (Å²) in [5, 5.41) is 0. The maximum atomic E-state index is 11.4. The van der Waals surface area contributed by atoms with Crippen molar-refractivity contribution < 1.29 is 14.3 Å². The Morgan fingerprint density at radius 3 is 2.25 bits per heavy atom. The molecular formula is C9H16O3. The molecule has 1 fully saturated rings. The molecule has 1 saturated heterocycles. The molecule has 12 heavy (non-hydrogen) atoms. The summed E-state index contributed by atoms with van der Waals surface area (Å²) in [5.74, 6) is -0.241. The van der Waals surface area contributed by atoms with Crippen LogP contribution >= 0.6 is 0 Å². The van der Waals surface area contributed by atoms with E-state index in [4.69, 9.17) is 9.47 Å². The average Bonchev–Trinajstić information content (AvgIpc) is 2.73. The fraction of sp³-hybridized carbons (Fsp3) is 0.889. The molecular weight excluding hydrogens is 156 g/mol. The van der Waals surface area contributed by atoms with Crippen molar-refractivity contribution >= 4 is 5.97 Å². The van der Waals surface area contributed by atoms with E-state index in [0.717, 1.165) is 6.42 Å². The molecule has 2 unspecified atom stereocenters. The van der Waals surface area contributed by atoms with E-state index in [1.165, 1.54) is 7.11 Å². The summed E-state index contributed by atoms with van der Waals surface area (Å²) < 4.78 is 10.2. The Bertz CT molecular complexity index is 202. The van der Waals surface area contributed by atoms with Gasteiger partial charge in [-0.1, -0.05) is 13.8 Å². The third-order valence-electron chi connectivity index (χ3n) is 2.90. The summed E-state index contributed by atoms with van der Waals surface area (Å²) in [5.41, 5.74) is -0.953. The first-order valence-corrected chi connectivity index (χ1v) is 4.35. The second-order valence-corrected chi connectivity index (χ2v) is 3.36. The average molecular weight is 172 g/mol. The van der Waals surface area contributed by atoms with Crippen LogP contribution in [0.4, 0.5) is 0 Å². The van der Waals surface area contributed by atoms with Crippen molar-refractivity contribution in [2.75, 3.05) is 7.11 Å². The number of hydrogen-bond donors (Lipinski definition) is 0. The van der Waals surface area contributed by atoms with Gasteiger partial charge >= 0.3 is 5.97 Å². The molecule has 1 aliphatic rings. The Labute approximate surface area is 73.0 Å². The van der Waals surface area contributed by atoms with Crippen molar-refractivity contribution in [3.8, 4) is 0 Å². The highest BCUT2D eigenvalue weighted by Gasteiger charge is 2.70. The van der Waals surface area contributed by atoms with E-state index in [0.29, 0.717) is 6.42 Å². The fourth-order valence-electron chi connectivity index (χ4n) is 1.73. The minimum Gasteiger partial charge on any atom is -0.467 e. The van der Waals surface area contributed by atoms with E-state index in [-0.39, 0.29) is 11.6 Å². The van der Waals surface area contributed by atoms with Gasteiger partial charge in [0.05, 0.1) is 7.11 Å². The summed E-state index contributed by atoms with van der Waals surface area (Å²) in [6.07, 6.45) is 1.53. The van der Waals surface area contributed by atoms with E-state index in [2.05, 4.69) is 0 Å². The maximum Gasteiger partial charge on any atom is 0.341 e. The van der Waals surface area contributed by atoms with Gasteiger partial charge in [0.15, 0.2) is 5.60 Å². The molecule has 0 aliphatic carbocycles. The van der Waals surface area contributed by atoms with Crippen molar-refractivity contribution in [3.63, 3.8) is 0 Å². The summed E-state index contributed by atoms with van der Waals surface area (Å²) in [6.45, 7) is 5.91. The van der Waals surface area contributed by atoms with E-state index in [1.54, 1.807) is 0 Å². The molecule has 0 spiro atoms. The van der Waals surface area contributed by atoms with Crippen LogP contribution in [0.25, 0.3) is 0 Å². The summed E-state index contributed by atoms with van der Waals surface area (Å²) in [7, 11) is 1.40. The molecule has 0 aromatic carbocycles. The minimum absolute atomic E-state index is 0.241. The van der Waals surface area contributed by atoms with Crippen LogP contribution in [0.5, 0.6) is 0 Å². The topological polar surface area (TPSA) is 38.8 Å². The zero-order valence-electron chi connectivity index (χ0n) is 8.14. The van der Waals surface area contributed by atoms with E-state index < -0.39 is 5.60 Å². The number of carbonyl (C=O) groups is 1. The number of esters is 1. The van der Waals surface area contributed by atoms with Crippen molar-refractivity contribution in [1.29, 1.82) is 0 Å². The maximum absolute atomic E-state index is 11.4. The molecule has 0 radical (unpaired) electrons. The number of methoxy groups -OCH3 is 1. The molecule has 0 bridgehead atoms. The van der Waals surface area contributed by atoms with Crippen molar-refractivity contribution in [3.05, 3.63) is 0 Å². The highest BCUT2D eigenvalue weighted by Crippen LogP contribution is 2.53. The lowest BCUT2D eigenvalue weighted by Gasteiger charge is -2.10. The quantitative estimate of drug-likeness (QED) is 0.478. The van der Waals surface area contributed by atoms with Crippen molar-refractivity contribution in [1.82, 2.24) is 0 Å². The lowest BCUT2D eigenvalue weighted by atomic mass is 9.90. The standard InChI is InChI=1S/C9H16O3/c1-5-8(3)9(6-2,12-8)7(10)11-4/h5-6H2,1-4H3. The van der Waals surface area contributed by atoms with Crippen LogP contribution in [0.1, 0.15) is 33.6 Å². The highest BCUT2D eigenvalue weighted by atomic mass is 16.7. The summed E-state index contributed by atoms with van der Waals surface area (Å²) in [6, 6.07) is 0. The molecule has 0 aromatic rings. The Morgan fingerprint density at radius 1 is 1.42 bits per heavy atom. The molecule has 3 heteroatoms. The molecule has 70 valence electrons. The Kier molecular flexibility index (Phi) is 2.17. The smallest absolute Gasteiger partial charge is 0.341 e. The summed E-state index contributed by atoms with van der Waals surface area (Å²) in [4.78, 5) is 11.4. The number of hydrogen-bond acceptors (Lipinski definition) is 3. The SMILES string of the molecule is CCC1(C)OC1(CC)C(=O)OC. The van der Waals surface area contributed by atoms with Gasteiger partial charge in [-0.15, -0.1) is 0 Å². The molecule has 2 atom stereocenters. The zero-order valence-corrected chi connectivity index (χ0v) is 8.14. The second-order valence-electron chi connectivity index (χ2n) is 3.36. The van der Waals surface area contributed by atoms with Gasteiger partial charge in [-0.2, -0.15) is 0 Å². The van der Waals surface area contributed by atoms with Crippen LogP contribution in [-0.4, -0.2) is 24.3 Å². The van der Waals surface area contributed by atoms with Crippen LogP contribution in [0.3, 0.4) is 0 Å². The monoisotopic (exact) mass is 172 g/mol. The predicted molar refractivity (Wildman–Crippen MR) is 44.8 cm³/mol. The number of epoxide rings is 1. The van der Waals surface area contributed by atoms with Crippen LogP contribution < -0.4 is 0 Å². The van der Waals surface area contributed by atoms with Gasteiger partial charge < -0.3 is 9.47 Å². The van der Waals surface area contributed by atoms with Gasteiger partial charge in [-0.05, 0) is 19.8 Å². The number of ether oxygens (including phenoxy) is 2. The first-order valence-electron chi connectivity index (χ1n) is 4.35. The Balaban J connectivity index is 2.77. The Hall–Kier alpha value is -0.570. The predicted octanol–water partition coefficient (Wildman–Crippen LogP) is 1.51. The molecule has 0 N–H and O–H groups in total. The lowest BCUT2D eigenvalue weighted by molar-refractivity contribution is -0.147. The van der Waals surface area contributed by atoms with Crippen LogP contribution in [0.2, 0.25) is 0 Å². The zero-order chi connectivity index (χ0) is 9.41. The molecule has 1 heterocycles. The molecule has 1 rings (SSSR count). The molecule has 0 aromatic heterocycles. The van der Waals surface area contributed by atoms with Crippen LogP contribution in [0, 0.1) is 0 Å². The Morgan fingerprint density at radius 2 is 2.00 bits per heavy atom. The third kappa shape index (κ3) is 0.959. The van der Waals surface area contributed by atoms with E-state index >= 15 is 0 Å². The first-order chi connectivity index (χ1) is 5.56. The highest BCUT2D eigenvalue weighted by molar-refractivity contribution is 5.84. The lowest BCUT2D eigenvalue weighted by Crippen LogP contribution is -2.32. The van der Waals surface area contributed by atoms with E-state index in [1.807, 2.05) is 20.8 Å². The van der Waals surface area contributed by atoms with Gasteiger partial charge in [0.2, 0.25) is 0 Å².